The molecule has 0 aromatic heterocycles. The summed E-state index contributed by atoms with van der Waals surface area (Å²) in [5.74, 6) is 1.08. The maximum atomic E-state index is 3.92. The van der Waals surface area contributed by atoms with Gasteiger partial charge < -0.3 is 5.32 Å². The van der Waals surface area contributed by atoms with E-state index in [2.05, 4.69) is 17.1 Å². The van der Waals surface area contributed by atoms with E-state index in [0.29, 0.717) is 5.54 Å². The molecular formula is C16H30N2. The molecule has 2 saturated carbocycles. The molecule has 2 aliphatic carbocycles. The third-order valence-electron chi connectivity index (χ3n) is 5.52. The molecule has 1 aliphatic heterocycles. The second-order valence-corrected chi connectivity index (χ2v) is 7.11. The summed E-state index contributed by atoms with van der Waals surface area (Å²) in [6.07, 6.45) is 13.0. The molecule has 2 heteroatoms. The number of rotatable bonds is 3. The molecule has 2 nitrogen and oxygen atoms in total. The highest BCUT2D eigenvalue weighted by atomic mass is 15.2. The van der Waals surface area contributed by atoms with Crippen LogP contribution < -0.4 is 5.32 Å². The summed E-state index contributed by atoms with van der Waals surface area (Å²) in [4.78, 5) is 2.81. The molecular weight excluding hydrogens is 220 g/mol. The zero-order valence-electron chi connectivity index (χ0n) is 12.1. The van der Waals surface area contributed by atoms with E-state index in [1.807, 2.05) is 0 Å². The molecule has 104 valence electrons. The van der Waals surface area contributed by atoms with Crippen molar-refractivity contribution in [1.29, 1.82) is 0 Å². The molecule has 0 aromatic carbocycles. The Kier molecular flexibility index (Phi) is 3.95. The first-order valence-corrected chi connectivity index (χ1v) is 8.27. The molecule has 0 aromatic rings. The predicted octanol–water partition coefficient (Wildman–Crippen LogP) is 3.17. The lowest BCUT2D eigenvalue weighted by Crippen LogP contribution is -2.53. The SMILES string of the molecule is CC1CCNC2(CCCCC2)CN1CCC1CC1. The molecule has 3 fully saturated rings. The molecule has 1 heterocycles. The van der Waals surface area contributed by atoms with Gasteiger partial charge in [-0.15, -0.1) is 0 Å². The van der Waals surface area contributed by atoms with E-state index < -0.39 is 0 Å². The highest BCUT2D eigenvalue weighted by Crippen LogP contribution is 2.35. The van der Waals surface area contributed by atoms with E-state index >= 15 is 0 Å². The summed E-state index contributed by atoms with van der Waals surface area (Å²) in [7, 11) is 0. The fourth-order valence-corrected chi connectivity index (χ4v) is 3.95. The number of nitrogens with one attached hydrogen (secondary N) is 1. The fraction of sp³-hybridized carbons (Fsp3) is 1.00. The van der Waals surface area contributed by atoms with Crippen molar-refractivity contribution >= 4 is 0 Å². The van der Waals surface area contributed by atoms with E-state index in [9.17, 15) is 0 Å². The molecule has 3 rings (SSSR count). The molecule has 0 bridgehead atoms. The number of nitrogens with zero attached hydrogens (tertiary/aromatic N) is 1. The summed E-state index contributed by atoms with van der Waals surface area (Å²) < 4.78 is 0. The summed E-state index contributed by atoms with van der Waals surface area (Å²) >= 11 is 0. The van der Waals surface area contributed by atoms with Crippen LogP contribution in [-0.2, 0) is 0 Å². The van der Waals surface area contributed by atoms with Gasteiger partial charge in [0.15, 0.2) is 0 Å². The first-order valence-electron chi connectivity index (χ1n) is 8.27. The van der Waals surface area contributed by atoms with Crippen LogP contribution in [-0.4, -0.2) is 36.1 Å². The maximum absolute atomic E-state index is 3.92. The van der Waals surface area contributed by atoms with E-state index in [1.54, 1.807) is 0 Å². The smallest absolute Gasteiger partial charge is 0.0308 e. The van der Waals surface area contributed by atoms with Crippen LogP contribution in [0.2, 0.25) is 0 Å². The van der Waals surface area contributed by atoms with Gasteiger partial charge in [0.05, 0.1) is 0 Å². The molecule has 0 radical (unpaired) electrons. The fourth-order valence-electron chi connectivity index (χ4n) is 3.95. The van der Waals surface area contributed by atoms with Crippen LogP contribution >= 0.6 is 0 Å². The van der Waals surface area contributed by atoms with E-state index in [-0.39, 0.29) is 0 Å². The monoisotopic (exact) mass is 250 g/mol. The molecule has 3 aliphatic rings. The van der Waals surface area contributed by atoms with Crippen LogP contribution in [0.5, 0.6) is 0 Å². The minimum absolute atomic E-state index is 0.479. The van der Waals surface area contributed by atoms with Crippen LogP contribution in [0.3, 0.4) is 0 Å². The molecule has 1 atom stereocenters. The van der Waals surface area contributed by atoms with Crippen molar-refractivity contribution in [3.63, 3.8) is 0 Å². The van der Waals surface area contributed by atoms with Gasteiger partial charge in [0.1, 0.15) is 0 Å². The van der Waals surface area contributed by atoms with Gasteiger partial charge in [0.2, 0.25) is 0 Å². The van der Waals surface area contributed by atoms with E-state index in [1.165, 1.54) is 77.4 Å². The van der Waals surface area contributed by atoms with Crippen molar-refractivity contribution < 1.29 is 0 Å². The van der Waals surface area contributed by atoms with E-state index in [4.69, 9.17) is 0 Å². The van der Waals surface area contributed by atoms with Crippen molar-refractivity contribution in [2.24, 2.45) is 5.92 Å². The number of hydrogen-bond donors (Lipinski definition) is 1. The van der Waals surface area contributed by atoms with Gasteiger partial charge in [0, 0.05) is 18.1 Å². The van der Waals surface area contributed by atoms with Crippen molar-refractivity contribution in [2.75, 3.05) is 19.6 Å². The molecule has 1 N–H and O–H groups in total. The zero-order chi connectivity index (χ0) is 12.4. The second-order valence-electron chi connectivity index (χ2n) is 7.11. The summed E-state index contributed by atoms with van der Waals surface area (Å²) in [6.45, 7) is 6.35. The van der Waals surface area contributed by atoms with Gasteiger partial charge in [-0.1, -0.05) is 32.1 Å². The average molecular weight is 250 g/mol. The van der Waals surface area contributed by atoms with Crippen molar-refractivity contribution in [3.8, 4) is 0 Å². The minimum Gasteiger partial charge on any atom is -0.310 e. The van der Waals surface area contributed by atoms with Gasteiger partial charge in [-0.25, -0.2) is 0 Å². The Labute approximate surface area is 113 Å². The van der Waals surface area contributed by atoms with Crippen molar-refractivity contribution in [3.05, 3.63) is 0 Å². The third-order valence-corrected chi connectivity index (χ3v) is 5.52. The summed E-state index contributed by atoms with van der Waals surface area (Å²) in [5, 5.41) is 3.92. The van der Waals surface area contributed by atoms with Gasteiger partial charge in [-0.2, -0.15) is 0 Å². The lowest BCUT2D eigenvalue weighted by molar-refractivity contribution is 0.135. The topological polar surface area (TPSA) is 15.3 Å². The Morgan fingerprint density at radius 3 is 2.61 bits per heavy atom. The largest absolute Gasteiger partial charge is 0.310 e. The molecule has 1 unspecified atom stereocenters. The zero-order valence-corrected chi connectivity index (χ0v) is 12.1. The van der Waals surface area contributed by atoms with E-state index in [0.717, 1.165) is 12.0 Å². The Morgan fingerprint density at radius 2 is 1.89 bits per heavy atom. The Morgan fingerprint density at radius 1 is 1.11 bits per heavy atom. The standard InChI is InChI=1S/C16H30N2/c1-14-7-11-17-16(9-3-2-4-10-16)13-18(14)12-8-15-5-6-15/h14-15,17H,2-13H2,1H3. The van der Waals surface area contributed by atoms with Gasteiger partial charge >= 0.3 is 0 Å². The highest BCUT2D eigenvalue weighted by Gasteiger charge is 2.37. The van der Waals surface area contributed by atoms with Crippen LogP contribution in [0.15, 0.2) is 0 Å². The first kappa shape index (κ1) is 12.9. The normalized spacial score (nSPS) is 33.5. The number of hydrogen-bond acceptors (Lipinski definition) is 2. The van der Waals surface area contributed by atoms with Crippen LogP contribution in [0.1, 0.15) is 64.7 Å². The molecule has 0 amide bonds. The van der Waals surface area contributed by atoms with Gasteiger partial charge in [0.25, 0.3) is 0 Å². The lowest BCUT2D eigenvalue weighted by atomic mass is 9.81. The van der Waals surface area contributed by atoms with Crippen LogP contribution in [0.4, 0.5) is 0 Å². The highest BCUT2D eigenvalue weighted by molar-refractivity contribution is 4.97. The first-order chi connectivity index (χ1) is 8.77. The Bertz CT molecular complexity index is 266. The average Bonchev–Trinajstić information content (AvgIpc) is 3.19. The molecule has 18 heavy (non-hydrogen) atoms. The predicted molar refractivity (Wildman–Crippen MR) is 76.8 cm³/mol. The Balaban J connectivity index is 1.61. The van der Waals surface area contributed by atoms with Crippen LogP contribution in [0.25, 0.3) is 0 Å². The quantitative estimate of drug-likeness (QED) is 0.827. The van der Waals surface area contributed by atoms with Crippen LogP contribution in [0, 0.1) is 5.92 Å². The minimum atomic E-state index is 0.479. The molecule has 1 spiro atoms. The van der Waals surface area contributed by atoms with Crippen molar-refractivity contribution in [1.82, 2.24) is 10.2 Å². The third kappa shape index (κ3) is 3.08. The Hall–Kier alpha value is -0.0800. The van der Waals surface area contributed by atoms with Crippen molar-refractivity contribution in [2.45, 2.75) is 76.3 Å². The maximum Gasteiger partial charge on any atom is 0.0308 e. The molecule has 1 saturated heterocycles. The second kappa shape index (κ2) is 5.50. The van der Waals surface area contributed by atoms with Gasteiger partial charge in [-0.3, -0.25) is 4.90 Å². The lowest BCUT2D eigenvalue weighted by Gasteiger charge is -2.41. The van der Waals surface area contributed by atoms with Gasteiger partial charge in [-0.05, 0) is 51.6 Å². The summed E-state index contributed by atoms with van der Waals surface area (Å²) in [6, 6.07) is 0.789. The summed E-state index contributed by atoms with van der Waals surface area (Å²) in [5.41, 5.74) is 0.479.